The monoisotopic (exact) mass is 353 g/mol. The molecule has 0 radical (unpaired) electrons. The molecule has 114 valence electrons. The molecule has 0 aliphatic carbocycles. The SMILES string of the molecule is COc1ccc(CNc2nc(Cl)nc3scc(C)c23)cc1Cl. The van der Waals surface area contributed by atoms with Crippen LogP contribution in [0.1, 0.15) is 11.1 Å². The first-order valence-electron chi connectivity index (χ1n) is 6.56. The molecular formula is C15H13Cl2N3OS. The Morgan fingerprint density at radius 2 is 2.09 bits per heavy atom. The summed E-state index contributed by atoms with van der Waals surface area (Å²) in [6, 6.07) is 5.67. The van der Waals surface area contributed by atoms with Gasteiger partial charge in [-0.25, -0.2) is 9.97 Å². The number of fused-ring (bicyclic) bond motifs is 1. The Hall–Kier alpha value is -1.56. The lowest BCUT2D eigenvalue weighted by atomic mass is 10.2. The summed E-state index contributed by atoms with van der Waals surface area (Å²) >= 11 is 13.7. The van der Waals surface area contributed by atoms with Gasteiger partial charge >= 0.3 is 0 Å². The predicted octanol–water partition coefficient (Wildman–Crippen LogP) is 4.93. The molecule has 0 spiro atoms. The van der Waals surface area contributed by atoms with Gasteiger partial charge in [0.15, 0.2) is 0 Å². The average Bonchev–Trinajstić information content (AvgIpc) is 2.86. The topological polar surface area (TPSA) is 47.0 Å². The van der Waals surface area contributed by atoms with E-state index in [4.69, 9.17) is 27.9 Å². The summed E-state index contributed by atoms with van der Waals surface area (Å²) in [5.74, 6) is 1.40. The Kier molecular flexibility index (Phi) is 4.38. The number of thiophene rings is 1. The van der Waals surface area contributed by atoms with E-state index in [-0.39, 0.29) is 5.28 Å². The Bertz CT molecular complexity index is 835. The van der Waals surface area contributed by atoms with Gasteiger partial charge in [-0.15, -0.1) is 11.3 Å². The molecular weight excluding hydrogens is 341 g/mol. The van der Waals surface area contributed by atoms with Gasteiger partial charge < -0.3 is 10.1 Å². The predicted molar refractivity (Wildman–Crippen MR) is 92.5 cm³/mol. The van der Waals surface area contributed by atoms with E-state index < -0.39 is 0 Å². The third-order valence-electron chi connectivity index (χ3n) is 3.27. The van der Waals surface area contributed by atoms with Crippen LogP contribution < -0.4 is 10.1 Å². The van der Waals surface area contributed by atoms with Crippen molar-refractivity contribution in [1.29, 1.82) is 0 Å². The molecule has 0 unspecified atom stereocenters. The summed E-state index contributed by atoms with van der Waals surface area (Å²) in [4.78, 5) is 9.42. The van der Waals surface area contributed by atoms with E-state index in [1.165, 1.54) is 0 Å². The number of benzene rings is 1. The number of rotatable bonds is 4. The first-order chi connectivity index (χ1) is 10.6. The number of hydrogen-bond donors (Lipinski definition) is 1. The van der Waals surface area contributed by atoms with Crippen molar-refractivity contribution in [1.82, 2.24) is 9.97 Å². The lowest BCUT2D eigenvalue weighted by molar-refractivity contribution is 0.415. The quantitative estimate of drug-likeness (QED) is 0.675. The molecule has 1 N–H and O–H groups in total. The van der Waals surface area contributed by atoms with E-state index >= 15 is 0 Å². The minimum atomic E-state index is 0.240. The summed E-state index contributed by atoms with van der Waals surface area (Å²) < 4.78 is 5.15. The summed E-state index contributed by atoms with van der Waals surface area (Å²) in [5, 5.41) is 7.19. The maximum absolute atomic E-state index is 6.14. The second kappa shape index (κ2) is 6.28. The maximum Gasteiger partial charge on any atom is 0.225 e. The largest absolute Gasteiger partial charge is 0.495 e. The molecule has 3 aromatic rings. The number of nitrogens with one attached hydrogen (secondary N) is 1. The van der Waals surface area contributed by atoms with Crippen LogP contribution in [-0.4, -0.2) is 17.1 Å². The number of nitrogens with zero attached hydrogens (tertiary/aromatic N) is 2. The number of aromatic nitrogens is 2. The van der Waals surface area contributed by atoms with E-state index in [0.717, 1.165) is 27.2 Å². The summed E-state index contributed by atoms with van der Waals surface area (Å²) in [6.07, 6.45) is 0. The van der Waals surface area contributed by atoms with Crippen LogP contribution in [-0.2, 0) is 6.54 Å². The molecule has 0 amide bonds. The second-order valence-electron chi connectivity index (χ2n) is 4.76. The zero-order valence-electron chi connectivity index (χ0n) is 12.0. The van der Waals surface area contributed by atoms with Crippen molar-refractivity contribution in [2.75, 3.05) is 12.4 Å². The highest BCUT2D eigenvalue weighted by Gasteiger charge is 2.11. The highest BCUT2D eigenvalue weighted by atomic mass is 35.5. The van der Waals surface area contributed by atoms with Crippen LogP contribution in [0.2, 0.25) is 10.3 Å². The molecule has 0 atom stereocenters. The fraction of sp³-hybridized carbons (Fsp3) is 0.200. The zero-order chi connectivity index (χ0) is 15.7. The molecule has 0 saturated carbocycles. The molecule has 0 aliphatic heterocycles. The van der Waals surface area contributed by atoms with Crippen molar-refractivity contribution >= 4 is 50.6 Å². The number of halogens is 2. The molecule has 2 aromatic heterocycles. The molecule has 7 heteroatoms. The van der Waals surface area contributed by atoms with Crippen LogP contribution in [0.3, 0.4) is 0 Å². The Balaban J connectivity index is 1.87. The Morgan fingerprint density at radius 3 is 2.82 bits per heavy atom. The number of methoxy groups -OCH3 is 1. The molecule has 0 bridgehead atoms. The third kappa shape index (κ3) is 2.97. The van der Waals surface area contributed by atoms with Gasteiger partial charge in [-0.3, -0.25) is 0 Å². The Morgan fingerprint density at radius 1 is 1.27 bits per heavy atom. The molecule has 2 heterocycles. The fourth-order valence-electron chi connectivity index (χ4n) is 2.19. The van der Waals surface area contributed by atoms with Gasteiger partial charge in [-0.1, -0.05) is 17.7 Å². The lowest BCUT2D eigenvalue weighted by Crippen LogP contribution is -2.03. The highest BCUT2D eigenvalue weighted by Crippen LogP contribution is 2.31. The number of aryl methyl sites for hydroxylation is 1. The molecule has 22 heavy (non-hydrogen) atoms. The standard InChI is InChI=1S/C15H13Cl2N3OS/c1-8-7-22-14-12(8)13(19-15(17)20-14)18-6-9-3-4-11(21-2)10(16)5-9/h3-5,7H,6H2,1-2H3,(H,18,19,20). The van der Waals surface area contributed by atoms with Gasteiger partial charge in [0.2, 0.25) is 5.28 Å². The molecule has 0 fully saturated rings. The van der Waals surface area contributed by atoms with E-state index in [1.54, 1.807) is 18.4 Å². The third-order valence-corrected chi connectivity index (χ3v) is 4.72. The van der Waals surface area contributed by atoms with Gasteiger partial charge in [-0.05, 0) is 47.2 Å². The smallest absolute Gasteiger partial charge is 0.225 e. The van der Waals surface area contributed by atoms with Crippen LogP contribution in [0.4, 0.5) is 5.82 Å². The van der Waals surface area contributed by atoms with E-state index in [1.807, 2.05) is 30.5 Å². The molecule has 4 nitrogen and oxygen atoms in total. The van der Waals surface area contributed by atoms with Crippen LogP contribution >= 0.6 is 34.5 Å². The van der Waals surface area contributed by atoms with E-state index in [0.29, 0.717) is 17.3 Å². The van der Waals surface area contributed by atoms with Crippen LogP contribution in [0.25, 0.3) is 10.2 Å². The van der Waals surface area contributed by atoms with Gasteiger partial charge in [-0.2, -0.15) is 0 Å². The van der Waals surface area contributed by atoms with Crippen molar-refractivity contribution in [2.45, 2.75) is 13.5 Å². The van der Waals surface area contributed by atoms with Crippen molar-refractivity contribution < 1.29 is 4.74 Å². The fourth-order valence-corrected chi connectivity index (χ4v) is 3.61. The van der Waals surface area contributed by atoms with Crippen LogP contribution in [0.5, 0.6) is 5.75 Å². The van der Waals surface area contributed by atoms with Crippen molar-refractivity contribution in [3.8, 4) is 5.75 Å². The summed E-state index contributed by atoms with van der Waals surface area (Å²) in [6.45, 7) is 2.62. The zero-order valence-corrected chi connectivity index (χ0v) is 14.3. The molecule has 0 aliphatic rings. The molecule has 0 saturated heterocycles. The van der Waals surface area contributed by atoms with E-state index in [9.17, 15) is 0 Å². The highest BCUT2D eigenvalue weighted by molar-refractivity contribution is 7.17. The summed E-state index contributed by atoms with van der Waals surface area (Å²) in [5.41, 5.74) is 2.16. The van der Waals surface area contributed by atoms with Crippen molar-refractivity contribution in [2.24, 2.45) is 0 Å². The van der Waals surface area contributed by atoms with Gasteiger partial charge in [0.25, 0.3) is 0 Å². The van der Waals surface area contributed by atoms with Gasteiger partial charge in [0.1, 0.15) is 16.4 Å². The summed E-state index contributed by atoms with van der Waals surface area (Å²) in [7, 11) is 1.60. The first kappa shape index (κ1) is 15.3. The maximum atomic E-state index is 6.14. The average molecular weight is 354 g/mol. The van der Waals surface area contributed by atoms with Crippen molar-refractivity contribution in [3.05, 3.63) is 45.0 Å². The number of hydrogen-bond acceptors (Lipinski definition) is 5. The van der Waals surface area contributed by atoms with Crippen molar-refractivity contribution in [3.63, 3.8) is 0 Å². The van der Waals surface area contributed by atoms with Gasteiger partial charge in [0.05, 0.1) is 17.5 Å². The number of anilines is 1. The van der Waals surface area contributed by atoms with Crippen LogP contribution in [0, 0.1) is 6.92 Å². The molecule has 1 aromatic carbocycles. The second-order valence-corrected chi connectivity index (χ2v) is 6.37. The minimum Gasteiger partial charge on any atom is -0.495 e. The normalized spacial score (nSPS) is 10.9. The minimum absolute atomic E-state index is 0.240. The lowest BCUT2D eigenvalue weighted by Gasteiger charge is -2.09. The van der Waals surface area contributed by atoms with Crippen LogP contribution in [0.15, 0.2) is 23.6 Å². The number of ether oxygens (including phenoxy) is 1. The van der Waals surface area contributed by atoms with E-state index in [2.05, 4.69) is 15.3 Å². The molecule has 3 rings (SSSR count). The Labute approximate surface area is 142 Å². The first-order valence-corrected chi connectivity index (χ1v) is 8.19. The van der Waals surface area contributed by atoms with Gasteiger partial charge in [0, 0.05) is 6.54 Å².